The molecule has 4 amide bonds. The Balaban J connectivity index is 1.38. The van der Waals surface area contributed by atoms with Gasteiger partial charge in [0, 0.05) is 6.04 Å². The van der Waals surface area contributed by atoms with Gasteiger partial charge in [-0.05, 0) is 74.5 Å². The van der Waals surface area contributed by atoms with Crippen LogP contribution >= 0.6 is 0 Å². The number of hydrogen-bond acceptors (Lipinski definition) is 3. The van der Waals surface area contributed by atoms with Crippen LogP contribution in [0, 0.1) is 29.1 Å². The first kappa shape index (κ1) is 19.7. The van der Waals surface area contributed by atoms with E-state index in [1.165, 1.54) is 25.7 Å². The summed E-state index contributed by atoms with van der Waals surface area (Å²) in [5.74, 6) is 2.01. The number of nitrogens with zero attached hydrogens (tertiary/aromatic N) is 1. The standard InChI is InChI=1S/C22H35N3O3/c1-13-9-21(3,4)12-22(10-13)19(27)25(20(28)24-22)11-18(26)23-14(2)17-8-15-5-6-16(17)7-15/h13-17H,5-12H2,1-4H3,(H,23,26)(H,24,28). The largest absolute Gasteiger partial charge is 0.352 e. The van der Waals surface area contributed by atoms with E-state index >= 15 is 0 Å². The minimum absolute atomic E-state index is 0.00478. The third kappa shape index (κ3) is 3.43. The summed E-state index contributed by atoms with van der Waals surface area (Å²) < 4.78 is 0. The molecule has 0 aromatic rings. The smallest absolute Gasteiger partial charge is 0.325 e. The van der Waals surface area contributed by atoms with Crippen molar-refractivity contribution in [3.05, 3.63) is 0 Å². The maximum Gasteiger partial charge on any atom is 0.325 e. The molecular weight excluding hydrogens is 354 g/mol. The van der Waals surface area contributed by atoms with Crippen LogP contribution in [0.2, 0.25) is 0 Å². The Morgan fingerprint density at radius 1 is 1.25 bits per heavy atom. The summed E-state index contributed by atoms with van der Waals surface area (Å²) in [6.45, 7) is 8.33. The molecule has 1 aliphatic heterocycles. The molecule has 1 saturated heterocycles. The number of amides is 4. The van der Waals surface area contributed by atoms with Crippen molar-refractivity contribution >= 4 is 17.8 Å². The zero-order chi connectivity index (χ0) is 20.3. The highest BCUT2D eigenvalue weighted by Crippen LogP contribution is 2.49. The molecule has 1 heterocycles. The molecule has 4 fully saturated rings. The molecule has 6 unspecified atom stereocenters. The van der Waals surface area contributed by atoms with Crippen molar-refractivity contribution in [2.45, 2.75) is 84.2 Å². The van der Waals surface area contributed by atoms with Crippen LogP contribution in [0.5, 0.6) is 0 Å². The minimum atomic E-state index is -0.839. The molecule has 0 radical (unpaired) electrons. The van der Waals surface area contributed by atoms with Gasteiger partial charge in [-0.3, -0.25) is 14.5 Å². The lowest BCUT2D eigenvalue weighted by molar-refractivity contribution is -0.137. The molecule has 3 aliphatic carbocycles. The van der Waals surface area contributed by atoms with E-state index in [-0.39, 0.29) is 29.8 Å². The minimum Gasteiger partial charge on any atom is -0.352 e. The number of fused-ring (bicyclic) bond motifs is 2. The van der Waals surface area contributed by atoms with Crippen LogP contribution in [0.1, 0.15) is 72.6 Å². The zero-order valence-corrected chi connectivity index (χ0v) is 17.7. The first-order chi connectivity index (χ1) is 13.1. The summed E-state index contributed by atoms with van der Waals surface area (Å²) in [4.78, 5) is 39.5. The Bertz CT molecular complexity index is 691. The first-order valence-corrected chi connectivity index (χ1v) is 11.0. The Kier molecular flexibility index (Phi) is 4.74. The molecule has 6 heteroatoms. The lowest BCUT2D eigenvalue weighted by Crippen LogP contribution is -2.54. The van der Waals surface area contributed by atoms with Crippen LogP contribution in [0.3, 0.4) is 0 Å². The van der Waals surface area contributed by atoms with Gasteiger partial charge in [-0.1, -0.05) is 27.2 Å². The Morgan fingerprint density at radius 3 is 2.61 bits per heavy atom. The van der Waals surface area contributed by atoms with Gasteiger partial charge in [0.2, 0.25) is 5.91 Å². The van der Waals surface area contributed by atoms with Gasteiger partial charge < -0.3 is 10.6 Å². The zero-order valence-electron chi connectivity index (χ0n) is 17.7. The van der Waals surface area contributed by atoms with Crippen molar-refractivity contribution in [2.24, 2.45) is 29.1 Å². The van der Waals surface area contributed by atoms with Gasteiger partial charge in [0.25, 0.3) is 5.91 Å². The molecular formula is C22H35N3O3. The van der Waals surface area contributed by atoms with Crippen LogP contribution in [-0.4, -0.2) is 40.9 Å². The van der Waals surface area contributed by atoms with E-state index < -0.39 is 11.6 Å². The molecule has 156 valence electrons. The lowest BCUT2D eigenvalue weighted by Gasteiger charge is -2.43. The molecule has 4 rings (SSSR count). The summed E-state index contributed by atoms with van der Waals surface area (Å²) in [7, 11) is 0. The fraction of sp³-hybridized carbons (Fsp3) is 0.864. The summed E-state index contributed by atoms with van der Waals surface area (Å²) in [6.07, 6.45) is 7.44. The van der Waals surface area contributed by atoms with E-state index in [1.807, 2.05) is 0 Å². The van der Waals surface area contributed by atoms with Crippen LogP contribution in [0.4, 0.5) is 4.79 Å². The lowest BCUT2D eigenvalue weighted by atomic mass is 9.64. The molecule has 4 aliphatic rings. The van der Waals surface area contributed by atoms with E-state index in [1.54, 1.807) is 0 Å². The number of carbonyl (C=O) groups is 3. The van der Waals surface area contributed by atoms with Crippen molar-refractivity contribution in [3.8, 4) is 0 Å². The molecule has 3 saturated carbocycles. The van der Waals surface area contributed by atoms with Gasteiger partial charge in [-0.25, -0.2) is 4.79 Å². The monoisotopic (exact) mass is 389 g/mol. The highest BCUT2D eigenvalue weighted by Gasteiger charge is 2.56. The topological polar surface area (TPSA) is 78.5 Å². The van der Waals surface area contributed by atoms with Crippen molar-refractivity contribution < 1.29 is 14.4 Å². The van der Waals surface area contributed by atoms with Gasteiger partial charge in [0.15, 0.2) is 0 Å². The second-order valence-corrected chi connectivity index (χ2v) is 11.0. The SMILES string of the molecule is CC1CC(C)(C)CC2(C1)NC(=O)N(CC(=O)NC(C)C1CC3CCC1C3)C2=O. The Labute approximate surface area is 168 Å². The number of urea groups is 1. The van der Waals surface area contributed by atoms with Crippen LogP contribution in [0.15, 0.2) is 0 Å². The molecule has 1 spiro atoms. The van der Waals surface area contributed by atoms with E-state index in [0.29, 0.717) is 24.7 Å². The van der Waals surface area contributed by atoms with Crippen molar-refractivity contribution in [3.63, 3.8) is 0 Å². The van der Waals surface area contributed by atoms with Gasteiger partial charge >= 0.3 is 6.03 Å². The van der Waals surface area contributed by atoms with Crippen molar-refractivity contribution in [1.82, 2.24) is 15.5 Å². The number of rotatable bonds is 4. The van der Waals surface area contributed by atoms with Gasteiger partial charge in [0.1, 0.15) is 12.1 Å². The number of carbonyl (C=O) groups excluding carboxylic acids is 3. The van der Waals surface area contributed by atoms with Crippen molar-refractivity contribution in [1.29, 1.82) is 0 Å². The second kappa shape index (κ2) is 6.74. The fourth-order valence-electron chi connectivity index (χ4n) is 7.11. The average molecular weight is 390 g/mol. The predicted octanol–water partition coefficient (Wildman–Crippen LogP) is 3.06. The van der Waals surface area contributed by atoms with E-state index in [4.69, 9.17) is 0 Å². The quantitative estimate of drug-likeness (QED) is 0.726. The second-order valence-electron chi connectivity index (χ2n) is 11.0. The van der Waals surface area contributed by atoms with E-state index in [2.05, 4.69) is 38.3 Å². The molecule has 2 N–H and O–H groups in total. The molecule has 6 atom stereocenters. The molecule has 6 nitrogen and oxygen atoms in total. The van der Waals surface area contributed by atoms with Crippen LogP contribution in [-0.2, 0) is 9.59 Å². The maximum atomic E-state index is 13.2. The summed E-state index contributed by atoms with van der Waals surface area (Å²) in [5, 5.41) is 6.03. The number of hydrogen-bond donors (Lipinski definition) is 2. The van der Waals surface area contributed by atoms with Gasteiger partial charge in [0.05, 0.1) is 0 Å². The maximum absolute atomic E-state index is 13.2. The summed E-state index contributed by atoms with van der Waals surface area (Å²) in [6, 6.07) is -0.316. The third-order valence-corrected chi connectivity index (χ3v) is 7.75. The van der Waals surface area contributed by atoms with E-state index in [0.717, 1.165) is 23.2 Å². The molecule has 0 aromatic heterocycles. The van der Waals surface area contributed by atoms with Crippen LogP contribution < -0.4 is 10.6 Å². The summed E-state index contributed by atoms with van der Waals surface area (Å²) in [5.41, 5.74) is -0.843. The molecule has 0 aromatic carbocycles. The molecule has 2 bridgehead atoms. The number of nitrogens with one attached hydrogen (secondary N) is 2. The Hall–Kier alpha value is -1.59. The molecule has 28 heavy (non-hydrogen) atoms. The van der Waals surface area contributed by atoms with Crippen molar-refractivity contribution in [2.75, 3.05) is 6.54 Å². The average Bonchev–Trinajstić information content (AvgIpc) is 3.24. The highest BCUT2D eigenvalue weighted by atomic mass is 16.2. The third-order valence-electron chi connectivity index (χ3n) is 7.75. The first-order valence-electron chi connectivity index (χ1n) is 11.0. The normalized spacial score (nSPS) is 40.1. The fourth-order valence-corrected chi connectivity index (χ4v) is 7.11. The predicted molar refractivity (Wildman–Crippen MR) is 106 cm³/mol. The van der Waals surface area contributed by atoms with E-state index in [9.17, 15) is 14.4 Å². The highest BCUT2D eigenvalue weighted by molar-refractivity contribution is 6.09. The van der Waals surface area contributed by atoms with Gasteiger partial charge in [-0.2, -0.15) is 0 Å². The van der Waals surface area contributed by atoms with Crippen LogP contribution in [0.25, 0.3) is 0 Å². The number of imide groups is 1. The van der Waals surface area contributed by atoms with Gasteiger partial charge in [-0.15, -0.1) is 0 Å². The summed E-state index contributed by atoms with van der Waals surface area (Å²) >= 11 is 0. The Morgan fingerprint density at radius 2 is 2.00 bits per heavy atom.